The predicted octanol–water partition coefficient (Wildman–Crippen LogP) is 3.12. The van der Waals surface area contributed by atoms with Crippen LogP contribution in [0, 0.1) is 11.6 Å². The number of aryl methyl sites for hydroxylation is 1. The molecule has 2 aromatic carbocycles. The van der Waals surface area contributed by atoms with Crippen LogP contribution in [0.1, 0.15) is 23.1 Å². The number of hydrogen-bond acceptors (Lipinski definition) is 2. The number of hydrogen-bond donors (Lipinski definition) is 1. The fourth-order valence-electron chi connectivity index (χ4n) is 2.91. The highest BCUT2D eigenvalue weighted by Gasteiger charge is 2.38. The van der Waals surface area contributed by atoms with E-state index in [-0.39, 0.29) is 0 Å². The molecule has 1 atom stereocenters. The molecule has 0 aliphatic heterocycles. The summed E-state index contributed by atoms with van der Waals surface area (Å²) >= 11 is 0. The number of benzene rings is 2. The van der Waals surface area contributed by atoms with Gasteiger partial charge >= 0.3 is 0 Å². The van der Waals surface area contributed by atoms with Gasteiger partial charge in [0.15, 0.2) is 0 Å². The molecule has 0 radical (unpaired) electrons. The summed E-state index contributed by atoms with van der Waals surface area (Å²) in [4.78, 5) is 0. The van der Waals surface area contributed by atoms with Crippen molar-refractivity contribution in [1.29, 1.82) is 0 Å². The van der Waals surface area contributed by atoms with E-state index in [4.69, 9.17) is 10.5 Å². The lowest BCUT2D eigenvalue weighted by molar-refractivity contribution is 0.412. The van der Waals surface area contributed by atoms with E-state index in [1.165, 1.54) is 12.1 Å². The Morgan fingerprint density at radius 1 is 1.10 bits per heavy atom. The van der Waals surface area contributed by atoms with Crippen molar-refractivity contribution in [2.45, 2.75) is 18.4 Å². The zero-order chi connectivity index (χ0) is 14.3. The third kappa shape index (κ3) is 1.88. The molecule has 2 aromatic rings. The van der Waals surface area contributed by atoms with Crippen molar-refractivity contribution in [3.8, 4) is 5.75 Å². The van der Waals surface area contributed by atoms with Crippen LogP contribution in [0.3, 0.4) is 0 Å². The average Bonchev–Trinajstić information content (AvgIpc) is 2.76. The van der Waals surface area contributed by atoms with Gasteiger partial charge in [0.25, 0.3) is 0 Å². The maximum absolute atomic E-state index is 14.1. The molecular formula is C16H15F2NO. The Hall–Kier alpha value is -1.94. The third-order valence-corrected chi connectivity index (χ3v) is 4.00. The molecule has 0 fully saturated rings. The van der Waals surface area contributed by atoms with Crippen molar-refractivity contribution in [2.75, 3.05) is 7.11 Å². The smallest absolute Gasteiger partial charge is 0.131 e. The fourth-order valence-corrected chi connectivity index (χ4v) is 2.91. The largest absolute Gasteiger partial charge is 0.497 e. The van der Waals surface area contributed by atoms with Crippen molar-refractivity contribution in [3.05, 3.63) is 64.7 Å². The second-order valence-corrected chi connectivity index (χ2v) is 5.12. The Morgan fingerprint density at radius 2 is 1.90 bits per heavy atom. The monoisotopic (exact) mass is 275 g/mol. The predicted molar refractivity (Wildman–Crippen MR) is 72.6 cm³/mol. The summed E-state index contributed by atoms with van der Waals surface area (Å²) in [5.41, 5.74) is 7.77. The van der Waals surface area contributed by atoms with Gasteiger partial charge in [-0.3, -0.25) is 0 Å². The second kappa shape index (κ2) is 4.56. The van der Waals surface area contributed by atoms with Gasteiger partial charge in [-0.1, -0.05) is 12.1 Å². The molecule has 3 rings (SSSR count). The zero-order valence-electron chi connectivity index (χ0n) is 11.1. The van der Waals surface area contributed by atoms with E-state index in [1.54, 1.807) is 7.11 Å². The van der Waals surface area contributed by atoms with Crippen LogP contribution in [0.25, 0.3) is 0 Å². The fraction of sp³-hybridized carbons (Fsp3) is 0.250. The van der Waals surface area contributed by atoms with E-state index in [0.717, 1.165) is 23.6 Å². The second-order valence-electron chi connectivity index (χ2n) is 5.12. The normalized spacial score (nSPS) is 20.8. The van der Waals surface area contributed by atoms with Crippen LogP contribution in [0.4, 0.5) is 8.78 Å². The van der Waals surface area contributed by atoms with Gasteiger partial charge in [-0.2, -0.15) is 0 Å². The number of methoxy groups -OCH3 is 1. The lowest BCUT2D eigenvalue weighted by atomic mass is 9.85. The van der Waals surface area contributed by atoms with Gasteiger partial charge in [-0.15, -0.1) is 0 Å². The first kappa shape index (κ1) is 13.1. The molecule has 4 heteroatoms. The summed E-state index contributed by atoms with van der Waals surface area (Å²) in [5, 5.41) is 0. The van der Waals surface area contributed by atoms with Crippen molar-refractivity contribution in [3.63, 3.8) is 0 Å². The van der Waals surface area contributed by atoms with E-state index in [2.05, 4.69) is 0 Å². The quantitative estimate of drug-likeness (QED) is 0.914. The molecule has 20 heavy (non-hydrogen) atoms. The van der Waals surface area contributed by atoms with E-state index in [0.29, 0.717) is 17.7 Å². The highest BCUT2D eigenvalue weighted by atomic mass is 19.1. The SMILES string of the molecule is COc1ccc2c(c1)C(N)(c1ccc(F)cc1F)CC2. The van der Waals surface area contributed by atoms with E-state index in [1.807, 2.05) is 18.2 Å². The lowest BCUT2D eigenvalue weighted by Gasteiger charge is -2.27. The van der Waals surface area contributed by atoms with Crippen LogP contribution < -0.4 is 10.5 Å². The van der Waals surface area contributed by atoms with Crippen molar-refractivity contribution in [2.24, 2.45) is 5.73 Å². The summed E-state index contributed by atoms with van der Waals surface area (Å²) in [6.45, 7) is 0. The molecule has 104 valence electrons. The first-order chi connectivity index (χ1) is 9.54. The minimum atomic E-state index is -0.929. The number of halogens is 2. The van der Waals surface area contributed by atoms with Crippen LogP contribution in [0.2, 0.25) is 0 Å². The van der Waals surface area contributed by atoms with Crippen LogP contribution in [-0.2, 0) is 12.0 Å². The maximum Gasteiger partial charge on any atom is 0.131 e. The topological polar surface area (TPSA) is 35.2 Å². The number of rotatable bonds is 2. The van der Waals surface area contributed by atoms with Crippen molar-refractivity contribution < 1.29 is 13.5 Å². The molecule has 1 aliphatic rings. The van der Waals surface area contributed by atoms with Gasteiger partial charge in [-0.05, 0) is 42.2 Å². The van der Waals surface area contributed by atoms with Gasteiger partial charge in [-0.25, -0.2) is 8.78 Å². The van der Waals surface area contributed by atoms with E-state index < -0.39 is 17.2 Å². The Bertz CT molecular complexity index is 672. The van der Waals surface area contributed by atoms with Gasteiger partial charge in [0.05, 0.1) is 12.6 Å². The molecular weight excluding hydrogens is 260 g/mol. The van der Waals surface area contributed by atoms with E-state index >= 15 is 0 Å². The first-order valence-corrected chi connectivity index (χ1v) is 6.46. The third-order valence-electron chi connectivity index (χ3n) is 4.00. The number of ether oxygens (including phenoxy) is 1. The molecule has 2 N–H and O–H groups in total. The summed E-state index contributed by atoms with van der Waals surface area (Å²) in [7, 11) is 1.58. The lowest BCUT2D eigenvalue weighted by Crippen LogP contribution is -2.36. The van der Waals surface area contributed by atoms with Gasteiger partial charge in [0.2, 0.25) is 0 Å². The number of nitrogens with two attached hydrogens (primary N) is 1. The zero-order valence-corrected chi connectivity index (χ0v) is 11.1. The highest BCUT2D eigenvalue weighted by molar-refractivity contribution is 5.50. The Kier molecular flexibility index (Phi) is 2.98. The molecule has 0 bridgehead atoms. The van der Waals surface area contributed by atoms with Gasteiger partial charge in [0.1, 0.15) is 17.4 Å². The van der Waals surface area contributed by atoms with Crippen LogP contribution in [0.5, 0.6) is 5.75 Å². The summed E-state index contributed by atoms with van der Waals surface area (Å²) in [5.74, 6) is -0.523. The molecule has 0 heterocycles. The van der Waals surface area contributed by atoms with Crippen LogP contribution >= 0.6 is 0 Å². The maximum atomic E-state index is 14.1. The molecule has 0 spiro atoms. The van der Waals surface area contributed by atoms with E-state index in [9.17, 15) is 8.78 Å². The minimum Gasteiger partial charge on any atom is -0.497 e. The molecule has 0 aromatic heterocycles. The summed E-state index contributed by atoms with van der Waals surface area (Å²) in [6, 6.07) is 9.20. The molecule has 0 saturated carbocycles. The van der Waals surface area contributed by atoms with Crippen molar-refractivity contribution >= 4 is 0 Å². The van der Waals surface area contributed by atoms with Gasteiger partial charge in [0, 0.05) is 11.6 Å². The van der Waals surface area contributed by atoms with Crippen molar-refractivity contribution in [1.82, 2.24) is 0 Å². The molecule has 2 nitrogen and oxygen atoms in total. The minimum absolute atomic E-state index is 0.325. The Morgan fingerprint density at radius 3 is 2.60 bits per heavy atom. The first-order valence-electron chi connectivity index (χ1n) is 6.46. The van der Waals surface area contributed by atoms with Gasteiger partial charge < -0.3 is 10.5 Å². The molecule has 1 unspecified atom stereocenters. The molecule has 1 aliphatic carbocycles. The number of fused-ring (bicyclic) bond motifs is 1. The Labute approximate surface area is 116 Å². The van der Waals surface area contributed by atoms with Crippen LogP contribution in [0.15, 0.2) is 36.4 Å². The summed E-state index contributed by atoms with van der Waals surface area (Å²) in [6.07, 6.45) is 1.37. The standard InChI is InChI=1S/C16H15F2NO/c1-20-12-4-2-10-6-7-16(19,14(10)9-12)13-5-3-11(17)8-15(13)18/h2-5,8-9H,6-7,19H2,1H3. The average molecular weight is 275 g/mol. The molecule has 0 amide bonds. The van der Waals surface area contributed by atoms with Crippen LogP contribution in [-0.4, -0.2) is 7.11 Å². The summed E-state index contributed by atoms with van der Waals surface area (Å²) < 4.78 is 32.4. The molecule has 0 saturated heterocycles. The highest BCUT2D eigenvalue weighted by Crippen LogP contribution is 2.42. The Balaban J connectivity index is 2.16.